The van der Waals surface area contributed by atoms with Gasteiger partial charge >= 0.3 is 0 Å². The molecule has 0 saturated carbocycles. The van der Waals surface area contributed by atoms with Crippen molar-refractivity contribution in [3.8, 4) is 16.9 Å². The van der Waals surface area contributed by atoms with Gasteiger partial charge in [0.2, 0.25) is 0 Å². The number of carbonyl (C=O) groups excluding carboxylic acids is 1. The fraction of sp³-hybridized carbons (Fsp3) is 0.381. The number of hydrogen-bond acceptors (Lipinski definition) is 3. The fourth-order valence-electron chi connectivity index (χ4n) is 2.40. The number of carbonyl (C=O) groups is 1. The van der Waals surface area contributed by atoms with Crippen LogP contribution in [0.15, 0.2) is 48.5 Å². The second-order valence-corrected chi connectivity index (χ2v) is 6.98. The van der Waals surface area contributed by atoms with Crippen LogP contribution in [-0.2, 0) is 14.9 Å². The molecule has 134 valence electrons. The van der Waals surface area contributed by atoms with Gasteiger partial charge in [-0.2, -0.15) is 0 Å². The van der Waals surface area contributed by atoms with Crippen LogP contribution in [0.4, 0.5) is 0 Å². The van der Waals surface area contributed by atoms with Crippen molar-refractivity contribution in [2.24, 2.45) is 0 Å². The molecule has 0 aromatic heterocycles. The van der Waals surface area contributed by atoms with E-state index < -0.39 is 0 Å². The van der Waals surface area contributed by atoms with E-state index in [1.807, 2.05) is 24.3 Å². The largest absolute Gasteiger partial charge is 0.484 e. The highest BCUT2D eigenvalue weighted by Crippen LogP contribution is 2.27. The predicted octanol–water partition coefficient (Wildman–Crippen LogP) is 3.79. The van der Waals surface area contributed by atoms with E-state index in [9.17, 15) is 4.79 Å². The van der Waals surface area contributed by atoms with Gasteiger partial charge in [0.05, 0.1) is 6.61 Å². The number of ether oxygens (including phenoxy) is 2. The maximum absolute atomic E-state index is 11.6. The summed E-state index contributed by atoms with van der Waals surface area (Å²) in [5.41, 5.74) is 3.75. The van der Waals surface area contributed by atoms with Crippen molar-refractivity contribution in [2.75, 3.05) is 26.9 Å². The Balaban J connectivity index is 1.92. The number of nitrogens with one attached hydrogen (secondary N) is 1. The highest BCUT2D eigenvalue weighted by molar-refractivity contribution is 5.77. The molecule has 2 aromatic rings. The first-order chi connectivity index (χ1) is 11.9. The van der Waals surface area contributed by atoms with Crippen molar-refractivity contribution in [1.82, 2.24) is 5.32 Å². The topological polar surface area (TPSA) is 47.6 Å². The smallest absolute Gasteiger partial charge is 0.258 e. The number of methoxy groups -OCH3 is 1. The first-order valence-corrected chi connectivity index (χ1v) is 8.49. The number of amides is 1. The lowest BCUT2D eigenvalue weighted by Gasteiger charge is -2.19. The van der Waals surface area contributed by atoms with Crippen LogP contribution >= 0.6 is 0 Å². The first-order valence-electron chi connectivity index (χ1n) is 8.49. The summed E-state index contributed by atoms with van der Waals surface area (Å²) in [5.74, 6) is 0.524. The van der Waals surface area contributed by atoms with E-state index >= 15 is 0 Å². The third-order valence-electron chi connectivity index (χ3n) is 3.94. The van der Waals surface area contributed by atoms with Crippen molar-refractivity contribution in [1.29, 1.82) is 0 Å². The Hall–Kier alpha value is -2.33. The van der Waals surface area contributed by atoms with Gasteiger partial charge in [-0.25, -0.2) is 0 Å². The Morgan fingerprint density at radius 1 is 0.960 bits per heavy atom. The minimum absolute atomic E-state index is 0.00331. The molecule has 0 bridgehead atoms. The van der Waals surface area contributed by atoms with Crippen LogP contribution in [0, 0.1) is 0 Å². The molecule has 0 unspecified atom stereocenters. The van der Waals surface area contributed by atoms with Gasteiger partial charge in [-0.15, -0.1) is 0 Å². The van der Waals surface area contributed by atoms with Crippen molar-refractivity contribution in [3.63, 3.8) is 0 Å². The molecular formula is C21H27NO3. The molecule has 2 aromatic carbocycles. The van der Waals surface area contributed by atoms with Crippen LogP contribution < -0.4 is 10.1 Å². The third-order valence-corrected chi connectivity index (χ3v) is 3.94. The van der Waals surface area contributed by atoms with Gasteiger partial charge in [0.25, 0.3) is 5.91 Å². The van der Waals surface area contributed by atoms with Gasteiger partial charge in [0, 0.05) is 13.7 Å². The van der Waals surface area contributed by atoms with Gasteiger partial charge < -0.3 is 14.8 Å². The van der Waals surface area contributed by atoms with Gasteiger partial charge in [0.1, 0.15) is 5.75 Å². The molecule has 25 heavy (non-hydrogen) atoms. The van der Waals surface area contributed by atoms with E-state index in [0.29, 0.717) is 18.9 Å². The summed E-state index contributed by atoms with van der Waals surface area (Å²) in [6.07, 6.45) is 0. The van der Waals surface area contributed by atoms with E-state index in [-0.39, 0.29) is 17.9 Å². The molecule has 4 nitrogen and oxygen atoms in total. The molecule has 4 heteroatoms. The fourth-order valence-corrected chi connectivity index (χ4v) is 2.40. The molecule has 0 saturated heterocycles. The standard InChI is InChI=1S/C21H27NO3/c1-21(2,3)18-9-5-16(6-10-18)17-7-11-19(12-8-17)25-15-20(23)22-13-14-24-4/h5-12H,13-15H2,1-4H3,(H,22,23). The zero-order valence-electron chi connectivity index (χ0n) is 15.5. The first kappa shape index (κ1) is 19.0. The maximum Gasteiger partial charge on any atom is 0.258 e. The maximum atomic E-state index is 11.6. The molecule has 2 rings (SSSR count). The normalized spacial score (nSPS) is 11.2. The van der Waals surface area contributed by atoms with Gasteiger partial charge in [0.15, 0.2) is 6.61 Å². The summed E-state index contributed by atoms with van der Waals surface area (Å²) in [7, 11) is 1.60. The Morgan fingerprint density at radius 3 is 2.04 bits per heavy atom. The zero-order valence-corrected chi connectivity index (χ0v) is 15.5. The summed E-state index contributed by atoms with van der Waals surface area (Å²) in [4.78, 5) is 11.6. The summed E-state index contributed by atoms with van der Waals surface area (Å²) >= 11 is 0. The van der Waals surface area contributed by atoms with Gasteiger partial charge in [-0.05, 0) is 34.2 Å². The van der Waals surface area contributed by atoms with Crippen molar-refractivity contribution >= 4 is 5.91 Å². The molecule has 1 amide bonds. The second-order valence-electron chi connectivity index (χ2n) is 6.98. The molecule has 0 aliphatic carbocycles. The van der Waals surface area contributed by atoms with E-state index in [4.69, 9.17) is 9.47 Å². The summed E-state index contributed by atoms with van der Waals surface area (Å²) < 4.78 is 10.4. The van der Waals surface area contributed by atoms with Gasteiger partial charge in [-0.3, -0.25) is 4.79 Å². The van der Waals surface area contributed by atoms with Crippen LogP contribution in [0.3, 0.4) is 0 Å². The molecule has 0 heterocycles. The lowest BCUT2D eigenvalue weighted by Crippen LogP contribution is -2.31. The van der Waals surface area contributed by atoms with E-state index in [1.54, 1.807) is 7.11 Å². The van der Waals surface area contributed by atoms with Crippen LogP contribution in [-0.4, -0.2) is 32.8 Å². The van der Waals surface area contributed by atoms with Crippen LogP contribution in [0.2, 0.25) is 0 Å². The molecule has 0 fully saturated rings. The molecule has 0 aliphatic rings. The number of hydrogen-bond donors (Lipinski definition) is 1. The molecule has 0 aliphatic heterocycles. The third kappa shape index (κ3) is 5.91. The molecule has 0 atom stereocenters. The second kappa shape index (κ2) is 8.67. The summed E-state index contributed by atoms with van der Waals surface area (Å²) in [5, 5.41) is 2.72. The Kier molecular flexibility index (Phi) is 6.59. The van der Waals surface area contributed by atoms with Gasteiger partial charge in [-0.1, -0.05) is 57.2 Å². The Bertz CT molecular complexity index is 670. The van der Waals surface area contributed by atoms with Crippen molar-refractivity contribution in [2.45, 2.75) is 26.2 Å². The lowest BCUT2D eigenvalue weighted by atomic mass is 9.86. The number of rotatable bonds is 7. The highest BCUT2D eigenvalue weighted by atomic mass is 16.5. The molecule has 0 spiro atoms. The quantitative estimate of drug-likeness (QED) is 0.780. The Labute approximate surface area is 150 Å². The summed E-state index contributed by atoms with van der Waals surface area (Å²) in [6, 6.07) is 16.4. The summed E-state index contributed by atoms with van der Waals surface area (Å²) in [6.45, 7) is 7.61. The Morgan fingerprint density at radius 2 is 1.52 bits per heavy atom. The van der Waals surface area contributed by atoms with Crippen LogP contribution in [0.25, 0.3) is 11.1 Å². The number of benzene rings is 2. The van der Waals surface area contributed by atoms with E-state index in [0.717, 1.165) is 11.1 Å². The molecule has 0 radical (unpaired) electrons. The van der Waals surface area contributed by atoms with Crippen molar-refractivity contribution < 1.29 is 14.3 Å². The predicted molar refractivity (Wildman–Crippen MR) is 101 cm³/mol. The molecular weight excluding hydrogens is 314 g/mol. The highest BCUT2D eigenvalue weighted by Gasteiger charge is 2.13. The SMILES string of the molecule is COCCNC(=O)COc1ccc(-c2ccc(C(C)(C)C)cc2)cc1. The van der Waals surface area contributed by atoms with Crippen molar-refractivity contribution in [3.05, 3.63) is 54.1 Å². The average molecular weight is 341 g/mol. The van der Waals surface area contributed by atoms with E-state index in [2.05, 4.69) is 50.4 Å². The van der Waals surface area contributed by atoms with Crippen LogP contribution in [0.5, 0.6) is 5.75 Å². The zero-order chi connectivity index (χ0) is 18.3. The minimum atomic E-state index is -0.154. The monoisotopic (exact) mass is 341 g/mol. The minimum Gasteiger partial charge on any atom is -0.484 e. The molecule has 1 N–H and O–H groups in total. The lowest BCUT2D eigenvalue weighted by molar-refractivity contribution is -0.123. The van der Waals surface area contributed by atoms with Crippen LogP contribution in [0.1, 0.15) is 26.3 Å². The average Bonchev–Trinajstić information content (AvgIpc) is 2.60. The van der Waals surface area contributed by atoms with E-state index in [1.165, 1.54) is 5.56 Å².